The van der Waals surface area contributed by atoms with Crippen molar-refractivity contribution in [3.8, 4) is 0 Å². The number of imidazole rings is 2. The SMILES string of the molecule is C=Cn1ccnc1CCCCc1nccn1C=C. The molecular weight excluding hydrogens is 224 g/mol. The minimum atomic E-state index is 0.966. The van der Waals surface area contributed by atoms with Gasteiger partial charge in [-0.2, -0.15) is 0 Å². The molecule has 0 aliphatic carbocycles. The zero-order chi connectivity index (χ0) is 12.8. The van der Waals surface area contributed by atoms with Gasteiger partial charge < -0.3 is 9.13 Å². The number of nitrogens with zero attached hydrogens (tertiary/aromatic N) is 4. The molecule has 0 bridgehead atoms. The molecule has 0 N–H and O–H groups in total. The molecule has 2 aromatic rings. The van der Waals surface area contributed by atoms with Gasteiger partial charge in [-0.1, -0.05) is 13.2 Å². The van der Waals surface area contributed by atoms with Crippen LogP contribution >= 0.6 is 0 Å². The molecule has 0 saturated carbocycles. The molecular formula is C14H18N4. The highest BCUT2D eigenvalue weighted by Gasteiger charge is 2.02. The van der Waals surface area contributed by atoms with E-state index in [0.29, 0.717) is 0 Å². The number of aryl methyl sites for hydroxylation is 2. The van der Waals surface area contributed by atoms with Crippen molar-refractivity contribution in [1.29, 1.82) is 0 Å². The van der Waals surface area contributed by atoms with Gasteiger partial charge in [0.25, 0.3) is 0 Å². The fourth-order valence-electron chi connectivity index (χ4n) is 1.97. The third kappa shape index (κ3) is 2.77. The second kappa shape index (κ2) is 6.00. The summed E-state index contributed by atoms with van der Waals surface area (Å²) in [5, 5.41) is 0. The Morgan fingerprint density at radius 2 is 1.33 bits per heavy atom. The number of hydrogen-bond donors (Lipinski definition) is 0. The van der Waals surface area contributed by atoms with Crippen LogP contribution in [0.2, 0.25) is 0 Å². The monoisotopic (exact) mass is 242 g/mol. The number of hydrogen-bond acceptors (Lipinski definition) is 2. The first kappa shape index (κ1) is 12.4. The van der Waals surface area contributed by atoms with Crippen LogP contribution in [0.1, 0.15) is 24.5 Å². The first-order chi connectivity index (χ1) is 8.85. The largest absolute Gasteiger partial charge is 0.311 e. The fourth-order valence-corrected chi connectivity index (χ4v) is 1.97. The zero-order valence-electron chi connectivity index (χ0n) is 10.5. The average molecular weight is 242 g/mol. The summed E-state index contributed by atoms with van der Waals surface area (Å²) in [4.78, 5) is 8.62. The van der Waals surface area contributed by atoms with E-state index < -0.39 is 0 Å². The molecule has 94 valence electrons. The lowest BCUT2D eigenvalue weighted by Gasteiger charge is -2.03. The lowest BCUT2D eigenvalue weighted by atomic mass is 10.2. The summed E-state index contributed by atoms with van der Waals surface area (Å²) in [6, 6.07) is 0. The number of rotatable bonds is 7. The Kier molecular flexibility index (Phi) is 4.12. The van der Waals surface area contributed by atoms with Crippen molar-refractivity contribution < 1.29 is 0 Å². The van der Waals surface area contributed by atoms with Crippen LogP contribution in [0.3, 0.4) is 0 Å². The van der Waals surface area contributed by atoms with Crippen molar-refractivity contribution in [1.82, 2.24) is 19.1 Å². The Hall–Kier alpha value is -2.10. The van der Waals surface area contributed by atoms with Crippen LogP contribution in [0.4, 0.5) is 0 Å². The van der Waals surface area contributed by atoms with Gasteiger partial charge >= 0.3 is 0 Å². The molecule has 18 heavy (non-hydrogen) atoms. The van der Waals surface area contributed by atoms with Gasteiger partial charge in [-0.25, -0.2) is 9.97 Å². The third-order valence-corrected chi connectivity index (χ3v) is 2.94. The molecule has 0 radical (unpaired) electrons. The maximum atomic E-state index is 4.31. The molecule has 4 heteroatoms. The van der Waals surface area contributed by atoms with Crippen LogP contribution in [0.5, 0.6) is 0 Å². The van der Waals surface area contributed by atoms with Crippen LogP contribution in [0.15, 0.2) is 37.9 Å². The normalized spacial score (nSPS) is 10.4. The summed E-state index contributed by atoms with van der Waals surface area (Å²) in [5.74, 6) is 2.13. The minimum Gasteiger partial charge on any atom is -0.311 e. The average Bonchev–Trinajstić information content (AvgIpc) is 3.02. The molecule has 4 nitrogen and oxygen atoms in total. The van der Waals surface area contributed by atoms with Crippen molar-refractivity contribution in [2.75, 3.05) is 0 Å². The lowest BCUT2D eigenvalue weighted by molar-refractivity contribution is 0.681. The second-order valence-electron chi connectivity index (χ2n) is 4.07. The molecule has 0 atom stereocenters. The summed E-state index contributed by atoms with van der Waals surface area (Å²) < 4.78 is 3.93. The quantitative estimate of drug-likeness (QED) is 0.700. The van der Waals surface area contributed by atoms with Gasteiger partial charge in [0.1, 0.15) is 11.6 Å². The Morgan fingerprint density at radius 3 is 1.72 bits per heavy atom. The molecule has 0 aliphatic rings. The summed E-state index contributed by atoms with van der Waals surface area (Å²) in [5.41, 5.74) is 0. The van der Waals surface area contributed by atoms with E-state index in [0.717, 1.165) is 37.3 Å². The molecule has 2 aromatic heterocycles. The summed E-state index contributed by atoms with van der Waals surface area (Å²) in [7, 11) is 0. The molecule has 0 aromatic carbocycles. The smallest absolute Gasteiger partial charge is 0.112 e. The molecule has 0 fully saturated rings. The number of aromatic nitrogens is 4. The molecule has 0 saturated heterocycles. The number of unbranched alkanes of at least 4 members (excludes halogenated alkanes) is 1. The minimum absolute atomic E-state index is 0.966. The van der Waals surface area contributed by atoms with Gasteiger partial charge in [0.2, 0.25) is 0 Å². The highest BCUT2D eigenvalue weighted by Crippen LogP contribution is 2.08. The van der Waals surface area contributed by atoms with Crippen LogP contribution in [-0.4, -0.2) is 19.1 Å². The maximum absolute atomic E-state index is 4.31. The molecule has 0 spiro atoms. The molecule has 0 aliphatic heterocycles. The van der Waals surface area contributed by atoms with Crippen LogP contribution < -0.4 is 0 Å². The summed E-state index contributed by atoms with van der Waals surface area (Å²) in [6.07, 6.45) is 15.1. The fraction of sp³-hybridized carbons (Fsp3) is 0.286. The Bertz CT molecular complexity index is 473. The second-order valence-corrected chi connectivity index (χ2v) is 4.07. The van der Waals surface area contributed by atoms with Gasteiger partial charge in [0.05, 0.1) is 0 Å². The first-order valence-electron chi connectivity index (χ1n) is 6.13. The summed E-state index contributed by atoms with van der Waals surface area (Å²) in [6.45, 7) is 7.51. The standard InChI is InChI=1S/C14H18N4/c1-3-17-11-9-15-13(17)7-5-6-8-14-16-10-12-18(14)4-2/h3-4,9-12H,1-2,5-8H2. The van der Waals surface area contributed by atoms with E-state index in [9.17, 15) is 0 Å². The lowest BCUT2D eigenvalue weighted by Crippen LogP contribution is -1.99. The molecule has 0 amide bonds. The molecule has 0 unspecified atom stereocenters. The van der Waals surface area contributed by atoms with E-state index in [-0.39, 0.29) is 0 Å². The highest BCUT2D eigenvalue weighted by molar-refractivity contribution is 5.20. The summed E-state index contributed by atoms with van der Waals surface area (Å²) >= 11 is 0. The van der Waals surface area contributed by atoms with Crippen molar-refractivity contribution in [2.24, 2.45) is 0 Å². The van der Waals surface area contributed by atoms with Gasteiger partial charge in [-0.15, -0.1) is 0 Å². The molecule has 2 heterocycles. The van der Waals surface area contributed by atoms with Crippen molar-refractivity contribution in [2.45, 2.75) is 25.7 Å². The topological polar surface area (TPSA) is 35.6 Å². The van der Waals surface area contributed by atoms with Crippen LogP contribution in [0.25, 0.3) is 12.4 Å². The first-order valence-corrected chi connectivity index (χ1v) is 6.13. The predicted molar refractivity (Wildman–Crippen MR) is 73.9 cm³/mol. The Morgan fingerprint density at radius 1 is 0.889 bits per heavy atom. The van der Waals surface area contributed by atoms with Crippen molar-refractivity contribution in [3.63, 3.8) is 0 Å². The Balaban J connectivity index is 1.80. The van der Waals surface area contributed by atoms with Gasteiger partial charge in [0, 0.05) is 50.0 Å². The van der Waals surface area contributed by atoms with Crippen LogP contribution in [-0.2, 0) is 12.8 Å². The highest BCUT2D eigenvalue weighted by atomic mass is 15.0. The van der Waals surface area contributed by atoms with Gasteiger partial charge in [-0.3, -0.25) is 0 Å². The van der Waals surface area contributed by atoms with Crippen LogP contribution in [0, 0.1) is 0 Å². The van der Waals surface area contributed by atoms with E-state index in [1.54, 1.807) is 24.8 Å². The van der Waals surface area contributed by atoms with Gasteiger partial charge in [0.15, 0.2) is 0 Å². The third-order valence-electron chi connectivity index (χ3n) is 2.94. The Labute approximate surface area is 107 Å². The van der Waals surface area contributed by atoms with E-state index >= 15 is 0 Å². The van der Waals surface area contributed by atoms with E-state index in [2.05, 4.69) is 23.1 Å². The predicted octanol–water partition coefficient (Wildman–Crippen LogP) is 2.85. The van der Waals surface area contributed by atoms with E-state index in [4.69, 9.17) is 0 Å². The van der Waals surface area contributed by atoms with E-state index in [1.165, 1.54) is 0 Å². The van der Waals surface area contributed by atoms with E-state index in [1.807, 2.05) is 21.5 Å². The maximum Gasteiger partial charge on any atom is 0.112 e. The van der Waals surface area contributed by atoms with Crippen molar-refractivity contribution >= 4 is 12.4 Å². The zero-order valence-corrected chi connectivity index (χ0v) is 10.5. The molecule has 2 rings (SSSR count). The van der Waals surface area contributed by atoms with Crippen molar-refractivity contribution in [3.05, 3.63) is 49.6 Å². The van der Waals surface area contributed by atoms with Gasteiger partial charge in [-0.05, 0) is 12.8 Å².